The predicted molar refractivity (Wildman–Crippen MR) is 77.1 cm³/mol. The van der Waals surface area contributed by atoms with Crippen LogP contribution in [-0.4, -0.2) is 31.2 Å². The number of nitrogens with one attached hydrogen (secondary N) is 2. The largest absolute Gasteiger partial charge is 0.467 e. The summed E-state index contributed by atoms with van der Waals surface area (Å²) in [5.41, 5.74) is 0.715. The fraction of sp³-hybridized carbons (Fsp3) is 0.385. The summed E-state index contributed by atoms with van der Waals surface area (Å²) >= 11 is 1.33. The van der Waals surface area contributed by atoms with Gasteiger partial charge >= 0.3 is 0 Å². The molecular weight excluding hydrogens is 278 g/mol. The van der Waals surface area contributed by atoms with Crippen molar-refractivity contribution in [1.29, 1.82) is 0 Å². The molecule has 2 aromatic heterocycles. The minimum absolute atomic E-state index is 0.122. The van der Waals surface area contributed by atoms with Crippen LogP contribution in [0, 0.1) is 6.92 Å². The van der Waals surface area contributed by atoms with Gasteiger partial charge in [-0.2, -0.15) is 0 Å². The standard InChI is InChI=1S/C13H17N3O3S/c1-9-11(12(17)14-5-7-18-2)20-13(16-9)15-8-10-4-3-6-19-10/h3-4,6H,5,7-8H2,1-2H3,(H,14,17)(H,15,16). The van der Waals surface area contributed by atoms with E-state index in [0.717, 1.165) is 5.76 Å². The first-order valence-corrected chi connectivity index (χ1v) is 7.03. The molecule has 108 valence electrons. The second-order valence-electron chi connectivity index (χ2n) is 4.12. The quantitative estimate of drug-likeness (QED) is 0.764. The van der Waals surface area contributed by atoms with Crippen LogP contribution < -0.4 is 10.6 Å². The number of aromatic nitrogens is 1. The molecule has 6 nitrogen and oxygen atoms in total. The maximum Gasteiger partial charge on any atom is 0.263 e. The zero-order valence-electron chi connectivity index (χ0n) is 11.4. The summed E-state index contributed by atoms with van der Waals surface area (Å²) in [4.78, 5) is 16.9. The first-order chi connectivity index (χ1) is 9.70. The summed E-state index contributed by atoms with van der Waals surface area (Å²) in [5, 5.41) is 6.63. The molecule has 0 unspecified atom stereocenters. The number of carbonyl (C=O) groups is 1. The molecule has 0 saturated carbocycles. The highest BCUT2D eigenvalue weighted by molar-refractivity contribution is 7.17. The van der Waals surface area contributed by atoms with Crippen molar-refractivity contribution < 1.29 is 13.9 Å². The molecule has 0 fully saturated rings. The lowest BCUT2D eigenvalue weighted by Gasteiger charge is -2.02. The van der Waals surface area contributed by atoms with Crippen molar-refractivity contribution in [2.45, 2.75) is 13.5 Å². The Morgan fingerprint density at radius 2 is 2.40 bits per heavy atom. The fourth-order valence-corrected chi connectivity index (χ4v) is 2.48. The third-order valence-corrected chi connectivity index (χ3v) is 3.70. The molecule has 2 heterocycles. The number of furan rings is 1. The van der Waals surface area contributed by atoms with E-state index in [1.165, 1.54) is 11.3 Å². The number of hydrogen-bond donors (Lipinski definition) is 2. The summed E-state index contributed by atoms with van der Waals surface area (Å²) in [6.45, 7) is 3.35. The number of anilines is 1. The van der Waals surface area contributed by atoms with Crippen LogP contribution in [0.3, 0.4) is 0 Å². The maximum atomic E-state index is 11.9. The molecular formula is C13H17N3O3S. The van der Waals surface area contributed by atoms with E-state index in [1.54, 1.807) is 13.4 Å². The summed E-state index contributed by atoms with van der Waals surface area (Å²) < 4.78 is 10.1. The summed E-state index contributed by atoms with van der Waals surface area (Å²) in [7, 11) is 1.60. The van der Waals surface area contributed by atoms with Gasteiger partial charge in [-0.25, -0.2) is 4.98 Å². The Morgan fingerprint density at radius 3 is 3.10 bits per heavy atom. The number of carbonyl (C=O) groups excluding carboxylic acids is 1. The normalized spacial score (nSPS) is 10.5. The van der Waals surface area contributed by atoms with E-state index < -0.39 is 0 Å². The van der Waals surface area contributed by atoms with Gasteiger partial charge in [-0.3, -0.25) is 4.79 Å². The van der Waals surface area contributed by atoms with Gasteiger partial charge in [0.05, 0.1) is 25.1 Å². The highest BCUT2D eigenvalue weighted by Crippen LogP contribution is 2.23. The molecule has 0 saturated heterocycles. The molecule has 0 aliphatic rings. The van der Waals surface area contributed by atoms with Crippen molar-refractivity contribution >= 4 is 22.4 Å². The molecule has 0 spiro atoms. The highest BCUT2D eigenvalue weighted by atomic mass is 32.1. The van der Waals surface area contributed by atoms with Gasteiger partial charge < -0.3 is 19.8 Å². The number of nitrogens with zero attached hydrogens (tertiary/aromatic N) is 1. The number of thiazole rings is 1. The Bertz CT molecular complexity index is 551. The molecule has 0 aliphatic heterocycles. The van der Waals surface area contributed by atoms with Crippen LogP contribution in [0.4, 0.5) is 5.13 Å². The van der Waals surface area contributed by atoms with Gasteiger partial charge in [-0.1, -0.05) is 11.3 Å². The van der Waals surface area contributed by atoms with Gasteiger partial charge in [-0.05, 0) is 19.1 Å². The van der Waals surface area contributed by atoms with Gasteiger partial charge in [0.1, 0.15) is 10.6 Å². The third kappa shape index (κ3) is 3.82. The van der Waals surface area contributed by atoms with Crippen LogP contribution in [0.1, 0.15) is 21.1 Å². The highest BCUT2D eigenvalue weighted by Gasteiger charge is 2.14. The molecule has 2 aromatic rings. The van der Waals surface area contributed by atoms with Gasteiger partial charge in [0.15, 0.2) is 5.13 Å². The Labute approximate surface area is 121 Å². The third-order valence-electron chi connectivity index (χ3n) is 2.59. The van der Waals surface area contributed by atoms with E-state index >= 15 is 0 Å². The first kappa shape index (κ1) is 14.5. The summed E-state index contributed by atoms with van der Waals surface area (Å²) in [5.74, 6) is 0.701. The molecule has 2 N–H and O–H groups in total. The minimum atomic E-state index is -0.122. The van der Waals surface area contributed by atoms with Gasteiger partial charge in [0, 0.05) is 13.7 Å². The maximum absolute atomic E-state index is 11.9. The van der Waals surface area contributed by atoms with Crippen molar-refractivity contribution in [1.82, 2.24) is 10.3 Å². The van der Waals surface area contributed by atoms with E-state index in [9.17, 15) is 4.79 Å². The van der Waals surface area contributed by atoms with E-state index in [1.807, 2.05) is 19.1 Å². The Morgan fingerprint density at radius 1 is 1.55 bits per heavy atom. The smallest absolute Gasteiger partial charge is 0.263 e. The Hall–Kier alpha value is -1.86. The lowest BCUT2D eigenvalue weighted by Crippen LogP contribution is -2.26. The van der Waals surface area contributed by atoms with Gasteiger partial charge in [-0.15, -0.1) is 0 Å². The number of ether oxygens (including phenoxy) is 1. The Balaban J connectivity index is 1.92. The number of aryl methyl sites for hydroxylation is 1. The van der Waals surface area contributed by atoms with Crippen LogP contribution in [0.2, 0.25) is 0 Å². The van der Waals surface area contributed by atoms with E-state index in [0.29, 0.717) is 35.4 Å². The summed E-state index contributed by atoms with van der Waals surface area (Å²) in [6.07, 6.45) is 1.62. The number of rotatable bonds is 7. The molecule has 0 bridgehead atoms. The molecule has 0 aromatic carbocycles. The lowest BCUT2D eigenvalue weighted by atomic mass is 10.4. The minimum Gasteiger partial charge on any atom is -0.467 e. The molecule has 7 heteroatoms. The van der Waals surface area contributed by atoms with Crippen LogP contribution >= 0.6 is 11.3 Å². The predicted octanol–water partition coefficient (Wildman–Crippen LogP) is 2.03. The SMILES string of the molecule is COCCNC(=O)c1sc(NCc2ccco2)nc1C. The van der Waals surface area contributed by atoms with Gasteiger partial charge in [0.25, 0.3) is 5.91 Å². The molecule has 0 radical (unpaired) electrons. The Kier molecular flexibility index (Phi) is 5.14. The molecule has 20 heavy (non-hydrogen) atoms. The second kappa shape index (κ2) is 7.06. The van der Waals surface area contributed by atoms with E-state index in [2.05, 4.69) is 15.6 Å². The molecule has 2 rings (SSSR count). The van der Waals surface area contributed by atoms with Crippen molar-refractivity contribution in [3.8, 4) is 0 Å². The zero-order valence-corrected chi connectivity index (χ0v) is 12.3. The van der Waals surface area contributed by atoms with E-state index in [4.69, 9.17) is 9.15 Å². The molecule has 0 atom stereocenters. The second-order valence-corrected chi connectivity index (χ2v) is 5.11. The fourth-order valence-electron chi connectivity index (χ4n) is 1.61. The summed E-state index contributed by atoms with van der Waals surface area (Å²) in [6, 6.07) is 3.71. The zero-order chi connectivity index (χ0) is 14.4. The van der Waals surface area contributed by atoms with Crippen molar-refractivity contribution in [2.24, 2.45) is 0 Å². The average molecular weight is 295 g/mol. The van der Waals surface area contributed by atoms with Crippen molar-refractivity contribution in [3.63, 3.8) is 0 Å². The number of methoxy groups -OCH3 is 1. The topological polar surface area (TPSA) is 76.4 Å². The number of hydrogen-bond acceptors (Lipinski definition) is 6. The molecule has 0 aliphatic carbocycles. The average Bonchev–Trinajstić information content (AvgIpc) is 3.06. The van der Waals surface area contributed by atoms with Crippen LogP contribution in [0.5, 0.6) is 0 Å². The van der Waals surface area contributed by atoms with Crippen LogP contribution in [-0.2, 0) is 11.3 Å². The van der Waals surface area contributed by atoms with Gasteiger partial charge in [0.2, 0.25) is 0 Å². The van der Waals surface area contributed by atoms with Crippen molar-refractivity contribution in [2.75, 3.05) is 25.6 Å². The first-order valence-electron chi connectivity index (χ1n) is 6.21. The molecule has 1 amide bonds. The lowest BCUT2D eigenvalue weighted by molar-refractivity contribution is 0.0940. The monoisotopic (exact) mass is 295 g/mol. The number of amides is 1. The van der Waals surface area contributed by atoms with Crippen LogP contribution in [0.25, 0.3) is 0 Å². The van der Waals surface area contributed by atoms with Crippen LogP contribution in [0.15, 0.2) is 22.8 Å². The van der Waals surface area contributed by atoms with E-state index in [-0.39, 0.29) is 5.91 Å². The van der Waals surface area contributed by atoms with Crippen molar-refractivity contribution in [3.05, 3.63) is 34.7 Å².